The Hall–Kier alpha value is -1.61. The molecular weight excluding hydrogens is 508 g/mol. The summed E-state index contributed by atoms with van der Waals surface area (Å²) in [5, 5.41) is 9.06. The number of hydrogen-bond donors (Lipinski definition) is 2. The fraction of sp³-hybridized carbons (Fsp3) is 0.862. The highest BCUT2D eigenvalue weighted by atomic mass is 32.2. The zero-order chi connectivity index (χ0) is 28.5. The Morgan fingerprint density at radius 3 is 2.34 bits per heavy atom. The van der Waals surface area contributed by atoms with E-state index in [0.717, 1.165) is 32.1 Å². The molecule has 0 saturated heterocycles. The van der Waals surface area contributed by atoms with Gasteiger partial charge in [-0.05, 0) is 67.1 Å². The number of carbonyl (C=O) groups is 4. The molecule has 4 rings (SSSR count). The molecule has 8 nitrogen and oxygen atoms in total. The van der Waals surface area contributed by atoms with Crippen LogP contribution in [0.5, 0.6) is 0 Å². The Bertz CT molecular complexity index is 1040. The van der Waals surface area contributed by atoms with E-state index in [0.29, 0.717) is 38.5 Å². The van der Waals surface area contributed by atoms with Gasteiger partial charge in [0, 0.05) is 43.4 Å². The fourth-order valence-corrected chi connectivity index (χ4v) is 9.05. The lowest BCUT2D eigenvalue weighted by Gasteiger charge is -2.58. The molecule has 8 atom stereocenters. The number of fused-ring (bicyclic) bond motifs is 5. The maximum absolute atomic E-state index is 13.6. The lowest BCUT2D eigenvalue weighted by molar-refractivity contribution is -0.166. The van der Waals surface area contributed by atoms with Gasteiger partial charge in [-0.1, -0.05) is 40.5 Å². The normalized spacial score (nSPS) is 37.4. The molecule has 0 aromatic carbocycles. The second-order valence-electron chi connectivity index (χ2n) is 12.9. The largest absolute Gasteiger partial charge is 0.481 e. The van der Waals surface area contributed by atoms with Gasteiger partial charge in [-0.2, -0.15) is 8.42 Å². The topological polar surface area (TPSA) is 143 Å². The zero-order valence-electron chi connectivity index (χ0n) is 23.4. The van der Waals surface area contributed by atoms with E-state index in [-0.39, 0.29) is 70.4 Å². The molecule has 1 unspecified atom stereocenters. The summed E-state index contributed by atoms with van der Waals surface area (Å²) in [6.45, 7) is 8.35. The molecule has 9 heteroatoms. The monoisotopic (exact) mass is 554 g/mol. The van der Waals surface area contributed by atoms with E-state index in [1.165, 1.54) is 0 Å². The van der Waals surface area contributed by atoms with Crippen molar-refractivity contribution in [2.24, 2.45) is 46.3 Å². The molecule has 216 valence electrons. The predicted octanol–water partition coefficient (Wildman–Crippen LogP) is 5.14. The number of carbonyl (C=O) groups excluding carboxylic acids is 3. The van der Waals surface area contributed by atoms with Crippen LogP contribution in [0.1, 0.15) is 105 Å². The van der Waals surface area contributed by atoms with Crippen LogP contribution in [0.2, 0.25) is 0 Å². The Balaban J connectivity index is 0.000000383. The molecule has 0 heterocycles. The van der Waals surface area contributed by atoms with Crippen molar-refractivity contribution in [1.29, 1.82) is 0 Å². The number of Topliss-reactive ketones (excluding diaryl/α,β-unsaturated/α-hetero) is 3. The summed E-state index contributed by atoms with van der Waals surface area (Å²) in [7, 11) is -3.70. The summed E-state index contributed by atoms with van der Waals surface area (Å²) in [5.41, 5.74) is -0.598. The van der Waals surface area contributed by atoms with Gasteiger partial charge in [0.2, 0.25) is 0 Å². The molecule has 2 N–H and O–H groups in total. The van der Waals surface area contributed by atoms with Crippen LogP contribution in [0.15, 0.2) is 0 Å². The average molecular weight is 555 g/mol. The molecule has 0 radical (unpaired) electrons. The Morgan fingerprint density at radius 1 is 1.05 bits per heavy atom. The summed E-state index contributed by atoms with van der Waals surface area (Å²) in [5.74, 6) is 0.427. The van der Waals surface area contributed by atoms with Gasteiger partial charge >= 0.3 is 5.97 Å². The molecule has 0 aliphatic heterocycles. The van der Waals surface area contributed by atoms with Crippen molar-refractivity contribution in [3.63, 3.8) is 0 Å². The number of carboxylic acids is 1. The number of carboxylic acid groups (broad SMARTS) is 1. The van der Waals surface area contributed by atoms with Gasteiger partial charge < -0.3 is 5.11 Å². The van der Waals surface area contributed by atoms with Crippen molar-refractivity contribution in [1.82, 2.24) is 0 Å². The minimum absolute atomic E-state index is 0.0659. The predicted molar refractivity (Wildman–Crippen MR) is 143 cm³/mol. The number of rotatable bonds is 8. The number of unbranched alkanes of at least 4 members (excludes halogenated alkanes) is 2. The molecular formula is C29H46O8S. The van der Waals surface area contributed by atoms with Gasteiger partial charge in [-0.25, -0.2) is 0 Å². The van der Waals surface area contributed by atoms with Crippen LogP contribution in [0.4, 0.5) is 0 Å². The molecule has 4 aliphatic rings. The number of ketones is 3. The third-order valence-electron chi connectivity index (χ3n) is 10.7. The highest BCUT2D eigenvalue weighted by Gasteiger charge is 2.66. The van der Waals surface area contributed by atoms with Crippen molar-refractivity contribution in [2.45, 2.75) is 105 Å². The highest BCUT2D eigenvalue weighted by molar-refractivity contribution is 7.85. The molecule has 0 aromatic rings. The van der Waals surface area contributed by atoms with Gasteiger partial charge in [0.05, 0.1) is 5.75 Å². The van der Waals surface area contributed by atoms with Crippen LogP contribution < -0.4 is 0 Å². The Morgan fingerprint density at radius 2 is 1.74 bits per heavy atom. The van der Waals surface area contributed by atoms with Crippen LogP contribution >= 0.6 is 0 Å². The Labute approximate surface area is 227 Å². The molecule has 4 fully saturated rings. The van der Waals surface area contributed by atoms with E-state index in [1.807, 2.05) is 6.92 Å². The Kier molecular flexibility index (Phi) is 9.66. The van der Waals surface area contributed by atoms with Crippen molar-refractivity contribution in [2.75, 3.05) is 5.75 Å². The third-order valence-corrected chi connectivity index (χ3v) is 11.5. The van der Waals surface area contributed by atoms with Crippen LogP contribution in [0.3, 0.4) is 0 Å². The smallest absolute Gasteiger partial charge is 0.303 e. The molecule has 38 heavy (non-hydrogen) atoms. The minimum Gasteiger partial charge on any atom is -0.481 e. The van der Waals surface area contributed by atoms with Gasteiger partial charge in [0.15, 0.2) is 0 Å². The lowest BCUT2D eigenvalue weighted by Crippen LogP contribution is -2.60. The standard InChI is InChI=1S/C24H34O5.C5H12O3S/c1-13(4-7-21(28)29)16-5-6-17-22-18(12-20(27)24(16,17)3)23(2)9-8-15(25)10-14(23)11-19(22)26;1-2-3-4-5-9(6,7)8/h13-14,16-18,22H,4-12H2,1-3H3,(H,28,29);2-5H2,1H3,(H,6,7,8)/t13-,14?,16-,17+,18+,22+,23+,24-;/m1./s1. The van der Waals surface area contributed by atoms with Crippen molar-refractivity contribution >= 4 is 33.4 Å². The van der Waals surface area contributed by atoms with Gasteiger partial charge in [0.25, 0.3) is 10.1 Å². The van der Waals surface area contributed by atoms with Crippen molar-refractivity contribution in [3.8, 4) is 0 Å². The molecule has 4 saturated carbocycles. The highest BCUT2D eigenvalue weighted by Crippen LogP contribution is 2.66. The summed E-state index contributed by atoms with van der Waals surface area (Å²) in [4.78, 5) is 50.0. The van der Waals surface area contributed by atoms with Crippen molar-refractivity contribution < 1.29 is 37.3 Å². The molecule has 0 spiro atoms. The van der Waals surface area contributed by atoms with Crippen LogP contribution in [0, 0.1) is 46.3 Å². The van der Waals surface area contributed by atoms with E-state index in [1.54, 1.807) is 0 Å². The summed E-state index contributed by atoms with van der Waals surface area (Å²) in [6.07, 6.45) is 7.72. The summed E-state index contributed by atoms with van der Waals surface area (Å²) < 4.78 is 28.3. The quantitative estimate of drug-likeness (QED) is 0.310. The maximum atomic E-state index is 13.6. The third kappa shape index (κ3) is 6.24. The maximum Gasteiger partial charge on any atom is 0.303 e. The van der Waals surface area contributed by atoms with E-state index in [9.17, 15) is 27.6 Å². The van der Waals surface area contributed by atoms with E-state index < -0.39 is 21.5 Å². The summed E-state index contributed by atoms with van der Waals surface area (Å²) >= 11 is 0. The lowest BCUT2D eigenvalue weighted by atomic mass is 9.44. The van der Waals surface area contributed by atoms with E-state index >= 15 is 0 Å². The molecule has 0 aromatic heterocycles. The number of aliphatic carboxylic acids is 1. The first-order valence-corrected chi connectivity index (χ1v) is 16.0. The first kappa shape index (κ1) is 30.9. The van der Waals surface area contributed by atoms with Crippen molar-refractivity contribution in [3.05, 3.63) is 0 Å². The van der Waals surface area contributed by atoms with Gasteiger partial charge in [0.1, 0.15) is 17.3 Å². The van der Waals surface area contributed by atoms with E-state index in [2.05, 4.69) is 20.8 Å². The average Bonchev–Trinajstić information content (AvgIpc) is 3.18. The molecule has 0 bridgehead atoms. The van der Waals surface area contributed by atoms with Gasteiger partial charge in [-0.3, -0.25) is 23.7 Å². The minimum atomic E-state index is -3.70. The van der Waals surface area contributed by atoms with Crippen LogP contribution in [0.25, 0.3) is 0 Å². The fourth-order valence-electron chi connectivity index (χ4n) is 8.48. The second-order valence-corrected chi connectivity index (χ2v) is 14.4. The molecule has 4 aliphatic carbocycles. The van der Waals surface area contributed by atoms with Gasteiger partial charge in [-0.15, -0.1) is 0 Å². The molecule has 0 amide bonds. The van der Waals surface area contributed by atoms with Crippen LogP contribution in [-0.2, 0) is 29.3 Å². The first-order valence-electron chi connectivity index (χ1n) is 14.4. The van der Waals surface area contributed by atoms with Crippen LogP contribution in [-0.4, -0.2) is 47.1 Å². The zero-order valence-corrected chi connectivity index (χ0v) is 24.2. The second kappa shape index (κ2) is 11.9. The van der Waals surface area contributed by atoms with E-state index in [4.69, 9.17) is 9.66 Å². The summed E-state index contributed by atoms with van der Waals surface area (Å²) in [6, 6.07) is 0. The SMILES string of the molecule is CCCCCS(=O)(=O)O.C[C@H](CCC(=O)O)[C@H]1CC[C@H]2[C@@H]3C(=O)CC4CC(=O)CC[C@]4(C)[C@H]3CC(=O)[C@]12C. The first-order chi connectivity index (χ1) is 17.6. The number of hydrogen-bond acceptors (Lipinski definition) is 6.